The highest BCUT2D eigenvalue weighted by Crippen LogP contribution is 2.32. The first-order valence-corrected chi connectivity index (χ1v) is 12.4. The minimum atomic E-state index is -0.800. The maximum absolute atomic E-state index is 13.6. The number of carbonyl (C=O) groups is 1. The van der Waals surface area contributed by atoms with Crippen molar-refractivity contribution in [1.82, 2.24) is 9.66 Å². The Morgan fingerprint density at radius 1 is 1.03 bits per heavy atom. The number of benzene rings is 3. The molecule has 0 spiro atoms. The summed E-state index contributed by atoms with van der Waals surface area (Å²) in [6.45, 7) is 1.64. The summed E-state index contributed by atoms with van der Waals surface area (Å²) in [5.41, 5.74) is 1.18. The smallest absolute Gasteiger partial charge is 0.346 e. The standard InChI is InChI=1S/C29H29N3O4/c1-19(29(34)35-2)36-26-17-16-20-10-6-7-13-22(20)24(26)18-30-32-27(21-11-4-3-5-12-21)31-25-15-9-8-14-23(25)28(32)33/h6-10,13-19,21H,3-5,11-12H2,1-2H3/t19-/m1/s1. The fourth-order valence-electron chi connectivity index (χ4n) is 4.91. The minimum Gasteiger partial charge on any atom is -0.478 e. The van der Waals surface area contributed by atoms with Crippen molar-refractivity contribution in [2.75, 3.05) is 7.11 Å². The average Bonchev–Trinajstić information content (AvgIpc) is 2.93. The molecule has 0 bridgehead atoms. The van der Waals surface area contributed by atoms with Crippen LogP contribution in [0.3, 0.4) is 0 Å². The molecule has 1 heterocycles. The van der Waals surface area contributed by atoms with Crippen molar-refractivity contribution in [2.45, 2.75) is 51.0 Å². The lowest BCUT2D eigenvalue weighted by molar-refractivity contribution is -0.147. The van der Waals surface area contributed by atoms with E-state index < -0.39 is 12.1 Å². The Balaban J connectivity index is 1.66. The van der Waals surface area contributed by atoms with E-state index in [4.69, 9.17) is 19.6 Å². The summed E-state index contributed by atoms with van der Waals surface area (Å²) in [5.74, 6) is 0.882. The van der Waals surface area contributed by atoms with Gasteiger partial charge in [-0.15, -0.1) is 0 Å². The van der Waals surface area contributed by atoms with Crippen LogP contribution in [0.25, 0.3) is 21.7 Å². The Morgan fingerprint density at radius 2 is 1.75 bits per heavy atom. The van der Waals surface area contributed by atoms with E-state index in [1.54, 1.807) is 19.2 Å². The van der Waals surface area contributed by atoms with Gasteiger partial charge in [-0.25, -0.2) is 9.78 Å². The Kier molecular flexibility index (Phi) is 6.80. The predicted molar refractivity (Wildman–Crippen MR) is 141 cm³/mol. The summed E-state index contributed by atoms with van der Waals surface area (Å²) in [6.07, 6.45) is 6.25. The number of carbonyl (C=O) groups excluding carboxylic acids is 1. The zero-order valence-corrected chi connectivity index (χ0v) is 20.5. The van der Waals surface area contributed by atoms with Crippen LogP contribution in [-0.2, 0) is 9.53 Å². The van der Waals surface area contributed by atoms with Crippen molar-refractivity contribution < 1.29 is 14.3 Å². The molecule has 0 N–H and O–H groups in total. The highest BCUT2D eigenvalue weighted by atomic mass is 16.6. The minimum absolute atomic E-state index is 0.177. The van der Waals surface area contributed by atoms with E-state index in [9.17, 15) is 9.59 Å². The van der Waals surface area contributed by atoms with E-state index in [-0.39, 0.29) is 11.5 Å². The summed E-state index contributed by atoms with van der Waals surface area (Å²) >= 11 is 0. The molecule has 1 aromatic heterocycles. The molecule has 3 aromatic carbocycles. The molecule has 1 aliphatic carbocycles. The van der Waals surface area contributed by atoms with E-state index in [0.29, 0.717) is 28.0 Å². The van der Waals surface area contributed by atoms with E-state index in [2.05, 4.69) is 0 Å². The monoisotopic (exact) mass is 483 g/mol. The lowest BCUT2D eigenvalue weighted by Crippen LogP contribution is -2.26. The summed E-state index contributed by atoms with van der Waals surface area (Å²) in [4.78, 5) is 30.5. The number of aromatic nitrogens is 2. The second-order valence-electron chi connectivity index (χ2n) is 9.17. The molecule has 7 nitrogen and oxygen atoms in total. The van der Waals surface area contributed by atoms with Crippen molar-refractivity contribution in [3.63, 3.8) is 0 Å². The third-order valence-electron chi connectivity index (χ3n) is 6.82. The van der Waals surface area contributed by atoms with Gasteiger partial charge in [0.05, 0.1) is 24.2 Å². The van der Waals surface area contributed by atoms with Gasteiger partial charge in [0.2, 0.25) is 0 Å². The predicted octanol–water partition coefficient (Wildman–Crippen LogP) is 5.42. The molecule has 5 rings (SSSR count). The fourth-order valence-corrected chi connectivity index (χ4v) is 4.91. The number of fused-ring (bicyclic) bond motifs is 2. The first-order chi connectivity index (χ1) is 17.6. The molecular weight excluding hydrogens is 454 g/mol. The largest absolute Gasteiger partial charge is 0.478 e. The van der Waals surface area contributed by atoms with Gasteiger partial charge in [0.25, 0.3) is 5.56 Å². The maximum atomic E-state index is 13.6. The number of hydrogen-bond donors (Lipinski definition) is 0. The van der Waals surface area contributed by atoms with Gasteiger partial charge in [-0.3, -0.25) is 4.79 Å². The number of rotatable bonds is 6. The van der Waals surface area contributed by atoms with Crippen molar-refractivity contribution in [2.24, 2.45) is 5.10 Å². The van der Waals surface area contributed by atoms with E-state index in [0.717, 1.165) is 36.5 Å². The Bertz CT molecular complexity index is 1500. The number of para-hydroxylation sites is 1. The first kappa shape index (κ1) is 23.7. The normalized spacial score (nSPS) is 15.4. The molecule has 1 aliphatic rings. The quantitative estimate of drug-likeness (QED) is 0.270. The summed E-state index contributed by atoms with van der Waals surface area (Å²) < 4.78 is 12.3. The first-order valence-electron chi connectivity index (χ1n) is 12.4. The van der Waals surface area contributed by atoms with Crippen molar-refractivity contribution >= 4 is 33.9 Å². The van der Waals surface area contributed by atoms with Crippen LogP contribution in [0.2, 0.25) is 0 Å². The molecule has 0 amide bonds. The van der Waals surface area contributed by atoms with E-state index in [1.165, 1.54) is 18.2 Å². The average molecular weight is 484 g/mol. The number of esters is 1. The molecule has 1 saturated carbocycles. The molecule has 0 radical (unpaired) electrons. The van der Waals surface area contributed by atoms with Crippen LogP contribution in [0.4, 0.5) is 0 Å². The lowest BCUT2D eigenvalue weighted by Gasteiger charge is -2.23. The molecule has 0 aliphatic heterocycles. The third kappa shape index (κ3) is 4.61. The molecule has 1 atom stereocenters. The molecule has 36 heavy (non-hydrogen) atoms. The lowest BCUT2D eigenvalue weighted by atomic mass is 9.88. The summed E-state index contributed by atoms with van der Waals surface area (Å²) in [7, 11) is 1.33. The van der Waals surface area contributed by atoms with Crippen molar-refractivity contribution in [3.05, 3.63) is 82.4 Å². The highest BCUT2D eigenvalue weighted by Gasteiger charge is 2.23. The zero-order chi connectivity index (χ0) is 25.1. The fraction of sp³-hybridized carbons (Fsp3) is 0.310. The van der Waals surface area contributed by atoms with Crippen molar-refractivity contribution in [1.29, 1.82) is 0 Å². The van der Waals surface area contributed by atoms with Gasteiger partial charge in [-0.2, -0.15) is 9.78 Å². The van der Waals surface area contributed by atoms with Gasteiger partial charge in [-0.1, -0.05) is 61.7 Å². The summed E-state index contributed by atoms with van der Waals surface area (Å²) in [6, 6.07) is 19.0. The molecule has 0 saturated heterocycles. The molecule has 4 aromatic rings. The van der Waals surface area contributed by atoms with E-state index >= 15 is 0 Å². The third-order valence-corrected chi connectivity index (χ3v) is 6.82. The topological polar surface area (TPSA) is 82.8 Å². The second kappa shape index (κ2) is 10.3. The van der Waals surface area contributed by atoms with E-state index in [1.807, 2.05) is 54.6 Å². The van der Waals surface area contributed by atoms with Crippen LogP contribution < -0.4 is 10.3 Å². The Labute approximate surface area is 209 Å². The highest BCUT2D eigenvalue weighted by molar-refractivity contribution is 6.02. The van der Waals surface area contributed by atoms with Gasteiger partial charge < -0.3 is 9.47 Å². The van der Waals surface area contributed by atoms with Crippen LogP contribution in [0, 0.1) is 0 Å². The second-order valence-corrected chi connectivity index (χ2v) is 9.17. The van der Waals surface area contributed by atoms with Crippen LogP contribution in [0.5, 0.6) is 5.75 Å². The van der Waals surface area contributed by atoms with Crippen LogP contribution in [-0.4, -0.2) is 35.1 Å². The number of hydrogen-bond acceptors (Lipinski definition) is 6. The van der Waals surface area contributed by atoms with Crippen LogP contribution in [0.15, 0.2) is 70.6 Å². The van der Waals surface area contributed by atoms with Gasteiger partial charge >= 0.3 is 5.97 Å². The van der Waals surface area contributed by atoms with Crippen LogP contribution in [0.1, 0.15) is 56.3 Å². The number of nitrogens with zero attached hydrogens (tertiary/aromatic N) is 3. The maximum Gasteiger partial charge on any atom is 0.346 e. The Morgan fingerprint density at radius 3 is 2.53 bits per heavy atom. The SMILES string of the molecule is COC(=O)[C@@H](C)Oc1ccc2ccccc2c1C=Nn1c(C2CCCCC2)nc2ccccc2c1=O. The molecule has 7 heteroatoms. The number of methoxy groups -OCH3 is 1. The zero-order valence-electron chi connectivity index (χ0n) is 20.5. The molecule has 1 fully saturated rings. The molecular formula is C29H29N3O4. The summed E-state index contributed by atoms with van der Waals surface area (Å²) in [5, 5.41) is 7.13. The Hall–Kier alpha value is -4.00. The van der Waals surface area contributed by atoms with Gasteiger partial charge in [0.1, 0.15) is 11.6 Å². The van der Waals surface area contributed by atoms with Gasteiger partial charge in [-0.05, 0) is 48.7 Å². The van der Waals surface area contributed by atoms with Crippen LogP contribution >= 0.6 is 0 Å². The molecule has 184 valence electrons. The van der Waals surface area contributed by atoms with Crippen molar-refractivity contribution in [3.8, 4) is 5.75 Å². The van der Waals surface area contributed by atoms with Gasteiger partial charge in [0.15, 0.2) is 6.10 Å². The molecule has 0 unspecified atom stereocenters. The van der Waals surface area contributed by atoms with Gasteiger partial charge in [0, 0.05) is 11.5 Å². The number of ether oxygens (including phenoxy) is 2.